The van der Waals surface area contributed by atoms with Crippen LogP contribution in [0.5, 0.6) is 0 Å². The smallest absolute Gasteiger partial charge is 0.423 e. The fourth-order valence-electron chi connectivity index (χ4n) is 7.79. The molecule has 0 fully saturated rings. The van der Waals surface area contributed by atoms with Crippen LogP contribution in [0.2, 0.25) is 0 Å². The molecule has 0 atom stereocenters. The minimum absolute atomic E-state index is 0.482. The lowest BCUT2D eigenvalue weighted by molar-refractivity contribution is 0.424. The van der Waals surface area contributed by atoms with Gasteiger partial charge in [0, 0.05) is 32.6 Å². The van der Waals surface area contributed by atoms with Gasteiger partial charge in [-0.15, -0.1) is 0 Å². The molecule has 0 amide bonds. The Labute approximate surface area is 312 Å². The average Bonchev–Trinajstić information content (AvgIpc) is 3.73. The van der Waals surface area contributed by atoms with Crippen LogP contribution in [-0.2, 0) is 0 Å². The van der Waals surface area contributed by atoms with E-state index in [4.69, 9.17) is 0 Å². The van der Waals surface area contributed by atoms with Crippen LogP contribution < -0.4 is 10.9 Å². The molecule has 8 aromatic carbocycles. The standard InChI is InChI=1S/C24H18BNO2.C22H16BNO2/c27-25(28)19-13-14-22-21-11-4-5-12-23(21)26(24(22)16-19)20-10-6-9-18(15-20)17-7-2-1-3-8-17;25-23(26)19-13-14-22(16-8-2-1-7-15(16)19)24-20-11-5-3-9-17(20)18-10-4-6-12-21(18)24/h1-16,27-28H;1-14,25-26H. The lowest BCUT2D eigenvalue weighted by Crippen LogP contribution is -2.30. The van der Waals surface area contributed by atoms with Crippen molar-refractivity contribution in [1.29, 1.82) is 0 Å². The number of fused-ring (bicyclic) bond motifs is 7. The first kappa shape index (κ1) is 33.4. The van der Waals surface area contributed by atoms with Crippen molar-refractivity contribution in [1.82, 2.24) is 9.13 Å². The summed E-state index contributed by atoms with van der Waals surface area (Å²) in [4.78, 5) is 0. The van der Waals surface area contributed by atoms with Crippen molar-refractivity contribution in [2.75, 3.05) is 0 Å². The van der Waals surface area contributed by atoms with Crippen LogP contribution in [-0.4, -0.2) is 43.5 Å². The van der Waals surface area contributed by atoms with Crippen molar-refractivity contribution in [3.63, 3.8) is 0 Å². The average molecular weight is 700 g/mol. The number of rotatable bonds is 5. The van der Waals surface area contributed by atoms with Crippen molar-refractivity contribution in [2.24, 2.45) is 0 Å². The van der Waals surface area contributed by atoms with Gasteiger partial charge < -0.3 is 29.2 Å². The van der Waals surface area contributed by atoms with Crippen LogP contribution in [0.1, 0.15) is 0 Å². The molecule has 6 nitrogen and oxygen atoms in total. The van der Waals surface area contributed by atoms with Crippen molar-refractivity contribution >= 4 is 79.5 Å². The molecule has 10 rings (SSSR count). The molecule has 0 aliphatic rings. The van der Waals surface area contributed by atoms with Gasteiger partial charge in [-0.25, -0.2) is 0 Å². The summed E-state index contributed by atoms with van der Waals surface area (Å²) in [6.07, 6.45) is 0. The van der Waals surface area contributed by atoms with Crippen LogP contribution in [0.25, 0.3) is 76.9 Å². The lowest BCUT2D eigenvalue weighted by atomic mass is 9.77. The summed E-state index contributed by atoms with van der Waals surface area (Å²) < 4.78 is 4.43. The largest absolute Gasteiger partial charge is 0.489 e. The molecular weight excluding hydrogens is 666 g/mol. The van der Waals surface area contributed by atoms with Gasteiger partial charge in [0.15, 0.2) is 0 Å². The molecule has 0 unspecified atom stereocenters. The van der Waals surface area contributed by atoms with Crippen LogP contribution in [0.15, 0.2) is 182 Å². The minimum atomic E-state index is -1.49. The van der Waals surface area contributed by atoms with E-state index in [0.29, 0.717) is 10.9 Å². The maximum absolute atomic E-state index is 9.74. The third kappa shape index (κ3) is 5.75. The fourth-order valence-corrected chi connectivity index (χ4v) is 7.79. The molecule has 2 aromatic heterocycles. The molecule has 258 valence electrons. The summed E-state index contributed by atoms with van der Waals surface area (Å²) in [5.74, 6) is 0. The van der Waals surface area contributed by atoms with E-state index in [2.05, 4.69) is 94.1 Å². The topological polar surface area (TPSA) is 90.8 Å². The molecule has 4 N–H and O–H groups in total. The van der Waals surface area contributed by atoms with Gasteiger partial charge in [-0.05, 0) is 69.9 Å². The first-order chi connectivity index (χ1) is 26.5. The van der Waals surface area contributed by atoms with Crippen LogP contribution in [0.3, 0.4) is 0 Å². The molecule has 10 aromatic rings. The van der Waals surface area contributed by atoms with E-state index in [0.717, 1.165) is 66.1 Å². The Morgan fingerprint density at radius 3 is 1.46 bits per heavy atom. The van der Waals surface area contributed by atoms with E-state index in [-0.39, 0.29) is 0 Å². The molecule has 0 radical (unpaired) electrons. The van der Waals surface area contributed by atoms with E-state index in [1.807, 2.05) is 84.9 Å². The molecule has 0 saturated heterocycles. The Hall–Kier alpha value is -6.41. The summed E-state index contributed by atoms with van der Waals surface area (Å²) >= 11 is 0. The third-order valence-corrected chi connectivity index (χ3v) is 10.2. The molecule has 0 saturated carbocycles. The second-order valence-corrected chi connectivity index (χ2v) is 13.4. The number of benzene rings is 8. The second-order valence-electron chi connectivity index (χ2n) is 13.4. The normalized spacial score (nSPS) is 11.3. The number of para-hydroxylation sites is 3. The highest BCUT2D eigenvalue weighted by Crippen LogP contribution is 2.35. The zero-order valence-corrected chi connectivity index (χ0v) is 29.2. The minimum Gasteiger partial charge on any atom is -0.423 e. The molecule has 0 aliphatic carbocycles. The number of hydrogen-bond donors (Lipinski definition) is 4. The first-order valence-corrected chi connectivity index (χ1v) is 17.9. The predicted molar refractivity (Wildman–Crippen MR) is 224 cm³/mol. The van der Waals surface area contributed by atoms with Gasteiger partial charge in [0.1, 0.15) is 0 Å². The highest BCUT2D eigenvalue weighted by molar-refractivity contribution is 6.62. The van der Waals surface area contributed by atoms with Gasteiger partial charge in [0.25, 0.3) is 0 Å². The van der Waals surface area contributed by atoms with Crippen LogP contribution in [0.4, 0.5) is 0 Å². The van der Waals surface area contributed by atoms with Crippen molar-refractivity contribution in [3.8, 4) is 22.5 Å². The van der Waals surface area contributed by atoms with E-state index in [9.17, 15) is 20.1 Å². The molecule has 54 heavy (non-hydrogen) atoms. The van der Waals surface area contributed by atoms with Gasteiger partial charge in [-0.2, -0.15) is 0 Å². The first-order valence-electron chi connectivity index (χ1n) is 17.9. The van der Waals surface area contributed by atoms with Crippen LogP contribution >= 0.6 is 0 Å². The fraction of sp³-hybridized carbons (Fsp3) is 0. The maximum atomic E-state index is 9.74. The maximum Gasteiger partial charge on any atom is 0.489 e. The van der Waals surface area contributed by atoms with Crippen molar-refractivity contribution in [2.45, 2.75) is 0 Å². The number of hydrogen-bond acceptors (Lipinski definition) is 4. The Morgan fingerprint density at radius 1 is 0.333 bits per heavy atom. The Balaban J connectivity index is 0.000000143. The van der Waals surface area contributed by atoms with E-state index >= 15 is 0 Å². The molecule has 0 spiro atoms. The highest BCUT2D eigenvalue weighted by Gasteiger charge is 2.20. The van der Waals surface area contributed by atoms with E-state index < -0.39 is 14.2 Å². The predicted octanol–water partition coefficient (Wildman–Crippen LogP) is 7.75. The van der Waals surface area contributed by atoms with Gasteiger partial charge >= 0.3 is 14.2 Å². The summed E-state index contributed by atoms with van der Waals surface area (Å²) in [7, 11) is -2.99. The summed E-state index contributed by atoms with van der Waals surface area (Å²) in [5, 5.41) is 45.3. The lowest BCUT2D eigenvalue weighted by Gasteiger charge is -2.14. The van der Waals surface area contributed by atoms with Gasteiger partial charge in [-0.1, -0.05) is 140 Å². The SMILES string of the molecule is OB(O)c1ccc(-n2c3ccccc3c3ccccc32)c2ccccc12.OB(O)c1ccc2c3ccccc3n(-c3cccc(-c4ccccc4)c3)c2c1. The van der Waals surface area contributed by atoms with Crippen molar-refractivity contribution < 1.29 is 20.1 Å². The number of aromatic nitrogens is 2. The Bertz CT molecular complexity index is 2920. The zero-order valence-electron chi connectivity index (χ0n) is 29.2. The van der Waals surface area contributed by atoms with Gasteiger partial charge in [-0.3, -0.25) is 0 Å². The summed E-state index contributed by atoms with van der Waals surface area (Å²) in [5.41, 5.74) is 9.69. The summed E-state index contributed by atoms with van der Waals surface area (Å²) in [6.45, 7) is 0. The summed E-state index contributed by atoms with van der Waals surface area (Å²) in [6, 6.07) is 60.9. The molecule has 0 aliphatic heterocycles. The second kappa shape index (κ2) is 13.9. The van der Waals surface area contributed by atoms with E-state index in [1.165, 1.54) is 10.8 Å². The Morgan fingerprint density at radius 2 is 0.852 bits per heavy atom. The van der Waals surface area contributed by atoms with E-state index in [1.54, 1.807) is 12.1 Å². The molecule has 0 bridgehead atoms. The molecular formula is C46H34B2N2O4. The third-order valence-electron chi connectivity index (χ3n) is 10.2. The quantitative estimate of drug-likeness (QED) is 0.138. The molecule has 8 heteroatoms. The van der Waals surface area contributed by atoms with Crippen LogP contribution in [0, 0.1) is 0 Å². The van der Waals surface area contributed by atoms with Gasteiger partial charge in [0.05, 0.1) is 27.8 Å². The monoisotopic (exact) mass is 700 g/mol. The molecule has 2 heterocycles. The zero-order chi connectivity index (χ0) is 36.8. The highest BCUT2D eigenvalue weighted by atomic mass is 16.4. The number of nitrogens with zero attached hydrogens (tertiary/aromatic N) is 2. The van der Waals surface area contributed by atoms with Crippen molar-refractivity contribution in [3.05, 3.63) is 182 Å². The Kier molecular flexibility index (Phi) is 8.58. The van der Waals surface area contributed by atoms with Gasteiger partial charge in [0.2, 0.25) is 0 Å².